The summed E-state index contributed by atoms with van der Waals surface area (Å²) in [6.45, 7) is 2.91. The van der Waals surface area contributed by atoms with Crippen LogP contribution in [-0.4, -0.2) is 24.2 Å². The molecule has 0 unspecified atom stereocenters. The Morgan fingerprint density at radius 1 is 1.33 bits per heavy atom. The highest BCUT2D eigenvalue weighted by Crippen LogP contribution is 2.22. The van der Waals surface area contributed by atoms with Gasteiger partial charge in [0.2, 0.25) is 0 Å². The van der Waals surface area contributed by atoms with E-state index in [2.05, 4.69) is 4.98 Å². The third-order valence-corrected chi connectivity index (χ3v) is 2.65. The predicted octanol–water partition coefficient (Wildman–Crippen LogP) is 3.91. The molecule has 0 N–H and O–H groups in total. The molecule has 0 aromatic carbocycles. The van der Waals surface area contributed by atoms with Crippen LogP contribution in [0.25, 0.3) is 0 Å². The van der Waals surface area contributed by atoms with Gasteiger partial charge in [-0.15, -0.1) is 11.6 Å². The van der Waals surface area contributed by atoms with Gasteiger partial charge in [-0.1, -0.05) is 6.92 Å². The fourth-order valence-electron chi connectivity index (χ4n) is 1.72. The zero-order chi connectivity index (χ0) is 13.8. The lowest BCUT2D eigenvalue weighted by atomic mass is 10.2. The number of hydrogen-bond acceptors (Lipinski definition) is 2. The smallest absolute Gasteiger partial charge is 0.348 e. The van der Waals surface area contributed by atoms with Crippen molar-refractivity contribution in [1.29, 1.82) is 0 Å². The molecule has 102 valence electrons. The number of rotatable bonds is 5. The van der Waals surface area contributed by atoms with Crippen molar-refractivity contribution in [2.24, 2.45) is 0 Å². The van der Waals surface area contributed by atoms with Gasteiger partial charge in [-0.05, 0) is 31.0 Å². The molecule has 0 spiro atoms. The predicted molar refractivity (Wildman–Crippen MR) is 67.1 cm³/mol. The molecule has 1 aromatic heterocycles. The maximum Gasteiger partial charge on any atom is 0.405 e. The Morgan fingerprint density at radius 2 is 2.00 bits per heavy atom. The first kappa shape index (κ1) is 15.1. The fourth-order valence-corrected chi connectivity index (χ4v) is 1.88. The summed E-state index contributed by atoms with van der Waals surface area (Å²) in [4.78, 5) is 5.39. The van der Waals surface area contributed by atoms with Crippen LogP contribution < -0.4 is 4.90 Å². The number of alkyl halides is 4. The van der Waals surface area contributed by atoms with Crippen molar-refractivity contribution < 1.29 is 13.2 Å². The van der Waals surface area contributed by atoms with Crippen molar-refractivity contribution in [2.45, 2.75) is 32.3 Å². The van der Waals surface area contributed by atoms with Crippen molar-refractivity contribution in [2.75, 3.05) is 18.0 Å². The Morgan fingerprint density at radius 3 is 2.50 bits per heavy atom. The van der Waals surface area contributed by atoms with Crippen LogP contribution in [0.4, 0.5) is 19.0 Å². The van der Waals surface area contributed by atoms with Crippen LogP contribution in [0.1, 0.15) is 24.6 Å². The lowest BCUT2D eigenvalue weighted by Crippen LogP contribution is -2.35. The van der Waals surface area contributed by atoms with Crippen LogP contribution in [0.5, 0.6) is 0 Å². The van der Waals surface area contributed by atoms with Gasteiger partial charge in [0.05, 0.1) is 0 Å². The van der Waals surface area contributed by atoms with Crippen molar-refractivity contribution >= 4 is 17.4 Å². The lowest BCUT2D eigenvalue weighted by molar-refractivity contribution is -0.119. The van der Waals surface area contributed by atoms with Crippen LogP contribution in [0, 0.1) is 6.92 Å². The minimum Gasteiger partial charge on any atom is -0.348 e. The molecule has 0 aliphatic heterocycles. The molecule has 0 fully saturated rings. The average Bonchev–Trinajstić information content (AvgIpc) is 2.26. The summed E-state index contributed by atoms with van der Waals surface area (Å²) < 4.78 is 37.5. The van der Waals surface area contributed by atoms with E-state index in [-0.39, 0.29) is 5.88 Å². The van der Waals surface area contributed by atoms with Crippen LogP contribution in [-0.2, 0) is 5.88 Å². The molecular weight excluding hydrogens is 265 g/mol. The van der Waals surface area contributed by atoms with E-state index in [1.807, 2.05) is 6.92 Å². The maximum absolute atomic E-state index is 12.5. The van der Waals surface area contributed by atoms with E-state index in [9.17, 15) is 13.2 Å². The summed E-state index contributed by atoms with van der Waals surface area (Å²) in [7, 11) is 0. The van der Waals surface area contributed by atoms with Gasteiger partial charge in [0, 0.05) is 18.1 Å². The molecule has 0 amide bonds. The van der Waals surface area contributed by atoms with Crippen molar-refractivity contribution in [3.8, 4) is 0 Å². The zero-order valence-corrected chi connectivity index (χ0v) is 11.1. The molecule has 0 atom stereocenters. The zero-order valence-electron chi connectivity index (χ0n) is 10.4. The standard InChI is InChI=1S/C12H16ClF3N2/c1-3-4-18(8-12(14,15)16)11-6-10(7-13)5-9(2)17-11/h5-6H,3-4,7-8H2,1-2H3. The largest absolute Gasteiger partial charge is 0.405 e. The van der Waals surface area contributed by atoms with Gasteiger partial charge in [0.1, 0.15) is 12.4 Å². The Hall–Kier alpha value is -0.970. The van der Waals surface area contributed by atoms with Crippen LogP contribution in [0.2, 0.25) is 0 Å². The SMILES string of the molecule is CCCN(CC(F)(F)F)c1cc(CCl)cc(C)n1. The molecule has 0 radical (unpaired) electrons. The lowest BCUT2D eigenvalue weighted by Gasteiger charge is -2.25. The Labute approximate surface area is 110 Å². The molecule has 1 aromatic rings. The van der Waals surface area contributed by atoms with Gasteiger partial charge in [-0.3, -0.25) is 0 Å². The topological polar surface area (TPSA) is 16.1 Å². The summed E-state index contributed by atoms with van der Waals surface area (Å²) in [5.74, 6) is 0.604. The van der Waals surface area contributed by atoms with Gasteiger partial charge in [-0.25, -0.2) is 4.98 Å². The number of aromatic nitrogens is 1. The summed E-state index contributed by atoms with van der Waals surface area (Å²) in [5, 5.41) is 0. The van der Waals surface area contributed by atoms with Gasteiger partial charge >= 0.3 is 6.18 Å². The van der Waals surface area contributed by atoms with Crippen molar-refractivity contribution in [3.63, 3.8) is 0 Å². The van der Waals surface area contributed by atoms with E-state index in [0.29, 0.717) is 24.5 Å². The normalized spacial score (nSPS) is 11.7. The number of nitrogens with zero attached hydrogens (tertiary/aromatic N) is 2. The fraction of sp³-hybridized carbons (Fsp3) is 0.583. The summed E-state index contributed by atoms with van der Waals surface area (Å²) in [6.07, 6.45) is -3.61. The maximum atomic E-state index is 12.5. The molecule has 2 nitrogen and oxygen atoms in total. The molecule has 6 heteroatoms. The number of hydrogen-bond donors (Lipinski definition) is 0. The highest BCUT2D eigenvalue weighted by molar-refractivity contribution is 6.17. The third-order valence-electron chi connectivity index (χ3n) is 2.34. The third kappa shape index (κ3) is 4.72. The second kappa shape index (κ2) is 6.27. The number of halogens is 4. The Kier molecular flexibility index (Phi) is 5.26. The minimum atomic E-state index is -4.23. The molecule has 1 heterocycles. The highest BCUT2D eigenvalue weighted by Gasteiger charge is 2.31. The minimum absolute atomic E-state index is 0.266. The van der Waals surface area contributed by atoms with E-state index in [4.69, 9.17) is 11.6 Å². The van der Waals surface area contributed by atoms with Crippen LogP contribution >= 0.6 is 11.6 Å². The van der Waals surface area contributed by atoms with Crippen molar-refractivity contribution in [1.82, 2.24) is 4.98 Å². The summed E-state index contributed by atoms with van der Waals surface area (Å²) in [5.41, 5.74) is 1.45. The molecule has 0 saturated heterocycles. The summed E-state index contributed by atoms with van der Waals surface area (Å²) >= 11 is 5.72. The summed E-state index contributed by atoms with van der Waals surface area (Å²) in [6, 6.07) is 3.38. The number of anilines is 1. The molecule has 18 heavy (non-hydrogen) atoms. The average molecular weight is 281 g/mol. The molecule has 1 rings (SSSR count). The highest BCUT2D eigenvalue weighted by atomic mass is 35.5. The van der Waals surface area contributed by atoms with E-state index in [1.165, 1.54) is 4.90 Å². The first-order valence-electron chi connectivity index (χ1n) is 5.71. The van der Waals surface area contributed by atoms with Crippen molar-refractivity contribution in [3.05, 3.63) is 23.4 Å². The van der Waals surface area contributed by atoms with Gasteiger partial charge in [-0.2, -0.15) is 13.2 Å². The van der Waals surface area contributed by atoms with Crippen LogP contribution in [0.3, 0.4) is 0 Å². The van der Waals surface area contributed by atoms with Crippen LogP contribution in [0.15, 0.2) is 12.1 Å². The molecule has 0 aliphatic rings. The first-order chi connectivity index (χ1) is 8.35. The molecular formula is C12H16ClF3N2. The van der Waals surface area contributed by atoms with E-state index in [0.717, 1.165) is 5.56 Å². The quantitative estimate of drug-likeness (QED) is 0.760. The number of pyridine rings is 1. The van der Waals surface area contributed by atoms with Gasteiger partial charge < -0.3 is 4.90 Å². The second-order valence-electron chi connectivity index (χ2n) is 4.15. The van der Waals surface area contributed by atoms with Gasteiger partial charge in [0.25, 0.3) is 0 Å². The monoisotopic (exact) mass is 280 g/mol. The van der Waals surface area contributed by atoms with Gasteiger partial charge in [0.15, 0.2) is 0 Å². The second-order valence-corrected chi connectivity index (χ2v) is 4.41. The Bertz CT molecular complexity index is 393. The van der Waals surface area contributed by atoms with E-state index in [1.54, 1.807) is 19.1 Å². The first-order valence-corrected chi connectivity index (χ1v) is 6.24. The molecule has 0 saturated carbocycles. The number of aryl methyl sites for hydroxylation is 1. The Balaban J connectivity index is 3.01. The molecule has 0 bridgehead atoms. The van der Waals surface area contributed by atoms with E-state index < -0.39 is 12.7 Å². The molecule has 0 aliphatic carbocycles. The van der Waals surface area contributed by atoms with E-state index >= 15 is 0 Å².